The third-order valence-corrected chi connectivity index (χ3v) is 2.84. The molecule has 0 spiro atoms. The molecule has 4 heteroatoms. The highest BCUT2D eigenvalue weighted by Gasteiger charge is 2.03. The SMILES string of the molecule is CC(=O)/C=C/C(=O)NCCc1c[nH]c2ccccc12. The number of H-pyrrole nitrogens is 1. The Morgan fingerprint density at radius 3 is 2.84 bits per heavy atom. The van der Waals surface area contributed by atoms with Crippen molar-refractivity contribution in [3.63, 3.8) is 0 Å². The molecule has 0 unspecified atom stereocenters. The summed E-state index contributed by atoms with van der Waals surface area (Å²) in [6, 6.07) is 8.05. The van der Waals surface area contributed by atoms with Gasteiger partial charge < -0.3 is 10.3 Å². The van der Waals surface area contributed by atoms with Crippen LogP contribution in [0.15, 0.2) is 42.6 Å². The summed E-state index contributed by atoms with van der Waals surface area (Å²) in [4.78, 5) is 25.3. The number of ketones is 1. The Kier molecular flexibility index (Phi) is 4.13. The van der Waals surface area contributed by atoms with Crippen molar-refractivity contribution in [2.45, 2.75) is 13.3 Å². The highest BCUT2D eigenvalue weighted by Crippen LogP contribution is 2.17. The largest absolute Gasteiger partial charge is 0.361 e. The average molecular weight is 256 g/mol. The van der Waals surface area contributed by atoms with Gasteiger partial charge in [0.25, 0.3) is 0 Å². The second-order valence-corrected chi connectivity index (χ2v) is 4.34. The normalized spacial score (nSPS) is 11.0. The fourth-order valence-corrected chi connectivity index (χ4v) is 1.91. The summed E-state index contributed by atoms with van der Waals surface area (Å²) in [6.45, 7) is 1.96. The molecule has 0 saturated carbocycles. The lowest BCUT2D eigenvalue weighted by molar-refractivity contribution is -0.117. The third kappa shape index (κ3) is 3.55. The zero-order valence-corrected chi connectivity index (χ0v) is 10.8. The number of rotatable bonds is 5. The number of nitrogens with one attached hydrogen (secondary N) is 2. The molecule has 2 rings (SSSR count). The van der Waals surface area contributed by atoms with Gasteiger partial charge in [0.05, 0.1) is 0 Å². The summed E-state index contributed by atoms with van der Waals surface area (Å²) in [5, 5.41) is 3.93. The van der Waals surface area contributed by atoms with Crippen LogP contribution in [0.25, 0.3) is 10.9 Å². The van der Waals surface area contributed by atoms with Crippen molar-refractivity contribution in [3.05, 3.63) is 48.2 Å². The van der Waals surface area contributed by atoms with Crippen molar-refractivity contribution >= 4 is 22.6 Å². The van der Waals surface area contributed by atoms with Gasteiger partial charge in [0.2, 0.25) is 5.91 Å². The van der Waals surface area contributed by atoms with Crippen LogP contribution < -0.4 is 5.32 Å². The minimum absolute atomic E-state index is 0.133. The molecule has 19 heavy (non-hydrogen) atoms. The summed E-state index contributed by atoms with van der Waals surface area (Å²) in [5.41, 5.74) is 2.27. The Balaban J connectivity index is 1.89. The Hall–Kier alpha value is -2.36. The maximum absolute atomic E-state index is 11.4. The Bertz CT molecular complexity index is 626. The van der Waals surface area contributed by atoms with Crippen LogP contribution in [0.2, 0.25) is 0 Å². The van der Waals surface area contributed by atoms with Gasteiger partial charge in [0.1, 0.15) is 0 Å². The van der Waals surface area contributed by atoms with Gasteiger partial charge in [-0.05, 0) is 31.1 Å². The molecule has 2 N–H and O–H groups in total. The molecule has 0 atom stereocenters. The zero-order valence-electron chi connectivity index (χ0n) is 10.8. The number of aromatic nitrogens is 1. The number of hydrogen-bond donors (Lipinski definition) is 2. The van der Waals surface area contributed by atoms with E-state index < -0.39 is 0 Å². The second kappa shape index (κ2) is 6.00. The van der Waals surface area contributed by atoms with Crippen LogP contribution in [0.3, 0.4) is 0 Å². The maximum Gasteiger partial charge on any atom is 0.244 e. The van der Waals surface area contributed by atoms with E-state index in [0.29, 0.717) is 6.54 Å². The van der Waals surface area contributed by atoms with Gasteiger partial charge in [-0.15, -0.1) is 0 Å². The first-order chi connectivity index (χ1) is 9.16. The van der Waals surface area contributed by atoms with Gasteiger partial charge in [-0.3, -0.25) is 9.59 Å². The van der Waals surface area contributed by atoms with E-state index in [1.165, 1.54) is 30.0 Å². The van der Waals surface area contributed by atoms with Crippen molar-refractivity contribution in [1.29, 1.82) is 0 Å². The van der Waals surface area contributed by atoms with Crippen molar-refractivity contribution < 1.29 is 9.59 Å². The van der Waals surface area contributed by atoms with E-state index >= 15 is 0 Å². The number of hydrogen-bond acceptors (Lipinski definition) is 2. The fourth-order valence-electron chi connectivity index (χ4n) is 1.91. The molecular formula is C15H16N2O2. The molecule has 4 nitrogen and oxygen atoms in total. The molecule has 1 aromatic heterocycles. The van der Waals surface area contributed by atoms with Crippen LogP contribution in [0.4, 0.5) is 0 Å². The molecule has 1 heterocycles. The van der Waals surface area contributed by atoms with Crippen LogP contribution in [-0.4, -0.2) is 23.2 Å². The van der Waals surface area contributed by atoms with E-state index in [-0.39, 0.29) is 11.7 Å². The first kappa shape index (κ1) is 13.1. The van der Waals surface area contributed by atoms with E-state index in [2.05, 4.69) is 16.4 Å². The van der Waals surface area contributed by atoms with Crippen molar-refractivity contribution in [2.75, 3.05) is 6.54 Å². The number of aromatic amines is 1. The van der Waals surface area contributed by atoms with E-state index in [9.17, 15) is 9.59 Å². The minimum Gasteiger partial charge on any atom is -0.361 e. The van der Waals surface area contributed by atoms with Gasteiger partial charge in [-0.25, -0.2) is 0 Å². The van der Waals surface area contributed by atoms with E-state index in [1.807, 2.05) is 24.4 Å². The number of carbonyl (C=O) groups is 2. The summed E-state index contributed by atoms with van der Waals surface area (Å²) in [5.74, 6) is -0.373. The first-order valence-electron chi connectivity index (χ1n) is 6.18. The highest BCUT2D eigenvalue weighted by molar-refractivity contribution is 5.96. The summed E-state index contributed by atoms with van der Waals surface area (Å²) < 4.78 is 0. The molecular weight excluding hydrogens is 240 g/mol. The van der Waals surface area contributed by atoms with Crippen LogP contribution >= 0.6 is 0 Å². The number of amides is 1. The maximum atomic E-state index is 11.4. The fraction of sp³-hybridized carbons (Fsp3) is 0.200. The molecule has 0 radical (unpaired) electrons. The molecule has 0 aliphatic heterocycles. The molecule has 1 aromatic carbocycles. The number of benzene rings is 1. The Labute approximate surface area is 111 Å². The first-order valence-corrected chi connectivity index (χ1v) is 6.18. The van der Waals surface area contributed by atoms with Crippen LogP contribution in [0.1, 0.15) is 12.5 Å². The van der Waals surface area contributed by atoms with Gasteiger partial charge in [0, 0.05) is 29.7 Å². The van der Waals surface area contributed by atoms with Crippen molar-refractivity contribution in [1.82, 2.24) is 10.3 Å². The smallest absolute Gasteiger partial charge is 0.244 e. The average Bonchev–Trinajstić information content (AvgIpc) is 2.80. The van der Waals surface area contributed by atoms with Gasteiger partial charge in [-0.2, -0.15) is 0 Å². The van der Waals surface area contributed by atoms with E-state index in [0.717, 1.165) is 11.9 Å². The van der Waals surface area contributed by atoms with Crippen molar-refractivity contribution in [2.24, 2.45) is 0 Å². The van der Waals surface area contributed by atoms with Crippen LogP contribution in [0, 0.1) is 0 Å². The lowest BCUT2D eigenvalue weighted by Crippen LogP contribution is -2.23. The standard InChI is InChI=1S/C15H16N2O2/c1-11(18)6-7-15(19)16-9-8-12-10-17-14-5-3-2-4-13(12)14/h2-7,10,17H,8-9H2,1H3,(H,16,19)/b7-6+. The minimum atomic E-state index is -0.241. The summed E-state index contributed by atoms with van der Waals surface area (Å²) in [7, 11) is 0. The monoisotopic (exact) mass is 256 g/mol. The van der Waals surface area contributed by atoms with Crippen molar-refractivity contribution in [3.8, 4) is 0 Å². The third-order valence-electron chi connectivity index (χ3n) is 2.84. The van der Waals surface area contributed by atoms with Gasteiger partial charge in [-0.1, -0.05) is 18.2 Å². The Morgan fingerprint density at radius 1 is 1.26 bits per heavy atom. The van der Waals surface area contributed by atoms with Gasteiger partial charge >= 0.3 is 0 Å². The second-order valence-electron chi connectivity index (χ2n) is 4.34. The Morgan fingerprint density at radius 2 is 2.05 bits per heavy atom. The molecule has 0 bridgehead atoms. The molecule has 0 aliphatic carbocycles. The molecule has 2 aromatic rings. The van der Waals surface area contributed by atoms with Crippen LogP contribution in [0.5, 0.6) is 0 Å². The quantitative estimate of drug-likeness (QED) is 0.803. The predicted molar refractivity (Wildman–Crippen MR) is 74.8 cm³/mol. The number of fused-ring (bicyclic) bond motifs is 1. The van der Waals surface area contributed by atoms with Gasteiger partial charge in [0.15, 0.2) is 5.78 Å². The molecule has 0 fully saturated rings. The highest BCUT2D eigenvalue weighted by atomic mass is 16.1. The number of para-hydroxylation sites is 1. The number of carbonyl (C=O) groups excluding carboxylic acids is 2. The lowest BCUT2D eigenvalue weighted by atomic mass is 10.1. The van der Waals surface area contributed by atoms with E-state index in [1.54, 1.807) is 0 Å². The zero-order chi connectivity index (χ0) is 13.7. The van der Waals surface area contributed by atoms with E-state index in [4.69, 9.17) is 0 Å². The molecule has 1 amide bonds. The number of allylic oxidation sites excluding steroid dienone is 1. The molecule has 0 saturated heterocycles. The lowest BCUT2D eigenvalue weighted by Gasteiger charge is -2.01. The summed E-state index contributed by atoms with van der Waals surface area (Å²) >= 11 is 0. The predicted octanol–water partition coefficient (Wildman–Crippen LogP) is 1.97. The molecule has 0 aliphatic rings. The topological polar surface area (TPSA) is 62.0 Å². The molecule has 98 valence electrons. The van der Waals surface area contributed by atoms with Crippen LogP contribution in [-0.2, 0) is 16.0 Å². The summed E-state index contributed by atoms with van der Waals surface area (Å²) in [6.07, 6.45) is 5.24.